The molecule has 3 nitrogen and oxygen atoms in total. The molecule has 0 saturated carbocycles. The van der Waals surface area contributed by atoms with Gasteiger partial charge in [0, 0.05) is 6.04 Å². The van der Waals surface area contributed by atoms with E-state index < -0.39 is 0 Å². The average molecular weight is 220 g/mol. The zero-order valence-electron chi connectivity index (χ0n) is 9.94. The van der Waals surface area contributed by atoms with Gasteiger partial charge in [0.15, 0.2) is 0 Å². The van der Waals surface area contributed by atoms with Crippen LogP contribution >= 0.6 is 0 Å². The number of nitrogens with two attached hydrogens (primary N) is 1. The summed E-state index contributed by atoms with van der Waals surface area (Å²) in [6.07, 6.45) is 0.433. The molecule has 1 amide bonds. The molecule has 1 aromatic rings. The average Bonchev–Trinajstić information content (AvgIpc) is 2.29. The third-order valence-corrected chi connectivity index (χ3v) is 2.82. The first-order valence-corrected chi connectivity index (χ1v) is 5.67. The fraction of sp³-hybridized carbons (Fsp3) is 0.462. The summed E-state index contributed by atoms with van der Waals surface area (Å²) in [6.45, 7) is 4.61. The minimum atomic E-state index is 0.0546. The maximum Gasteiger partial charge on any atom is 0.224 e. The molecule has 1 rings (SSSR count). The van der Waals surface area contributed by atoms with Gasteiger partial charge in [0.1, 0.15) is 0 Å². The quantitative estimate of drug-likeness (QED) is 0.786. The second kappa shape index (κ2) is 6.28. The summed E-state index contributed by atoms with van der Waals surface area (Å²) in [6, 6.07) is 9.86. The Morgan fingerprint density at radius 1 is 1.31 bits per heavy atom. The topological polar surface area (TPSA) is 55.1 Å². The van der Waals surface area contributed by atoms with Crippen molar-refractivity contribution in [1.82, 2.24) is 5.32 Å². The highest BCUT2D eigenvalue weighted by atomic mass is 16.1. The molecule has 3 heteroatoms. The molecule has 2 unspecified atom stereocenters. The standard InChI is InChI=1S/C13H20N2O/c1-10(9-14)11(2)15-13(16)8-12-6-4-3-5-7-12/h3-7,10-11H,8-9,14H2,1-2H3,(H,15,16). The molecule has 0 fully saturated rings. The van der Waals surface area contributed by atoms with Gasteiger partial charge in [-0.15, -0.1) is 0 Å². The molecular weight excluding hydrogens is 200 g/mol. The van der Waals surface area contributed by atoms with Crippen LogP contribution < -0.4 is 11.1 Å². The van der Waals surface area contributed by atoms with E-state index in [1.165, 1.54) is 0 Å². The van der Waals surface area contributed by atoms with Crippen LogP contribution in [0.25, 0.3) is 0 Å². The summed E-state index contributed by atoms with van der Waals surface area (Å²) in [5.41, 5.74) is 6.58. The van der Waals surface area contributed by atoms with Crippen molar-refractivity contribution >= 4 is 5.91 Å². The first-order chi connectivity index (χ1) is 7.63. The number of hydrogen-bond acceptors (Lipinski definition) is 2. The lowest BCUT2D eigenvalue weighted by Crippen LogP contribution is -2.40. The van der Waals surface area contributed by atoms with Crippen molar-refractivity contribution in [1.29, 1.82) is 0 Å². The molecule has 2 atom stereocenters. The minimum Gasteiger partial charge on any atom is -0.353 e. The van der Waals surface area contributed by atoms with Crippen LogP contribution in [0, 0.1) is 5.92 Å². The lowest BCUT2D eigenvalue weighted by molar-refractivity contribution is -0.121. The van der Waals surface area contributed by atoms with E-state index in [-0.39, 0.29) is 11.9 Å². The summed E-state index contributed by atoms with van der Waals surface area (Å²) in [5, 5.41) is 2.96. The molecule has 0 aliphatic heterocycles. The molecular formula is C13H20N2O. The van der Waals surface area contributed by atoms with Crippen LogP contribution in [0.15, 0.2) is 30.3 Å². The van der Waals surface area contributed by atoms with Crippen LogP contribution in [-0.2, 0) is 11.2 Å². The lowest BCUT2D eigenvalue weighted by atomic mass is 10.0. The van der Waals surface area contributed by atoms with E-state index in [4.69, 9.17) is 5.73 Å². The van der Waals surface area contributed by atoms with E-state index in [2.05, 4.69) is 5.32 Å². The van der Waals surface area contributed by atoms with Gasteiger partial charge >= 0.3 is 0 Å². The summed E-state index contributed by atoms with van der Waals surface area (Å²) in [5.74, 6) is 0.360. The zero-order valence-corrected chi connectivity index (χ0v) is 9.94. The number of carbonyl (C=O) groups excluding carboxylic acids is 1. The molecule has 0 heterocycles. The third-order valence-electron chi connectivity index (χ3n) is 2.82. The van der Waals surface area contributed by atoms with Crippen LogP contribution in [-0.4, -0.2) is 18.5 Å². The number of benzene rings is 1. The van der Waals surface area contributed by atoms with Crippen molar-refractivity contribution in [3.05, 3.63) is 35.9 Å². The Kier molecular flexibility index (Phi) is 4.99. The van der Waals surface area contributed by atoms with E-state index in [9.17, 15) is 4.79 Å². The number of hydrogen-bond donors (Lipinski definition) is 2. The van der Waals surface area contributed by atoms with Crippen LogP contribution in [0.1, 0.15) is 19.4 Å². The Morgan fingerprint density at radius 3 is 2.50 bits per heavy atom. The molecule has 88 valence electrons. The molecule has 0 aliphatic rings. The highest BCUT2D eigenvalue weighted by molar-refractivity contribution is 5.78. The molecule has 0 aromatic heterocycles. The van der Waals surface area contributed by atoms with Crippen molar-refractivity contribution in [2.75, 3.05) is 6.54 Å². The number of carbonyl (C=O) groups is 1. The number of rotatable bonds is 5. The van der Waals surface area contributed by atoms with Gasteiger partial charge in [0.2, 0.25) is 5.91 Å². The van der Waals surface area contributed by atoms with Gasteiger partial charge in [0.25, 0.3) is 0 Å². The van der Waals surface area contributed by atoms with Gasteiger partial charge in [-0.3, -0.25) is 4.79 Å². The van der Waals surface area contributed by atoms with Crippen molar-refractivity contribution in [2.45, 2.75) is 26.3 Å². The van der Waals surface area contributed by atoms with Crippen LogP contribution in [0.5, 0.6) is 0 Å². The normalized spacial score (nSPS) is 14.2. The fourth-order valence-electron chi connectivity index (χ4n) is 1.43. The number of nitrogens with one attached hydrogen (secondary N) is 1. The van der Waals surface area contributed by atoms with E-state index in [1.54, 1.807) is 0 Å². The second-order valence-electron chi connectivity index (χ2n) is 4.23. The van der Waals surface area contributed by atoms with Gasteiger partial charge < -0.3 is 11.1 Å². The Morgan fingerprint density at radius 2 is 1.94 bits per heavy atom. The third kappa shape index (κ3) is 4.03. The summed E-state index contributed by atoms with van der Waals surface area (Å²) in [7, 11) is 0. The first kappa shape index (κ1) is 12.7. The molecule has 16 heavy (non-hydrogen) atoms. The molecule has 1 aromatic carbocycles. The molecule has 0 aliphatic carbocycles. The highest BCUT2D eigenvalue weighted by Gasteiger charge is 2.13. The predicted octanol–water partition coefficient (Wildman–Crippen LogP) is 1.33. The second-order valence-corrected chi connectivity index (χ2v) is 4.23. The van der Waals surface area contributed by atoms with Gasteiger partial charge in [-0.2, -0.15) is 0 Å². The van der Waals surface area contributed by atoms with Gasteiger partial charge in [-0.05, 0) is 24.9 Å². The van der Waals surface area contributed by atoms with Gasteiger partial charge in [-0.1, -0.05) is 37.3 Å². The molecule has 0 spiro atoms. The van der Waals surface area contributed by atoms with E-state index in [1.807, 2.05) is 44.2 Å². The molecule has 3 N–H and O–H groups in total. The first-order valence-electron chi connectivity index (χ1n) is 5.67. The van der Waals surface area contributed by atoms with Crippen molar-refractivity contribution in [2.24, 2.45) is 11.7 Å². The Balaban J connectivity index is 2.42. The van der Waals surface area contributed by atoms with Gasteiger partial charge in [0.05, 0.1) is 6.42 Å². The smallest absolute Gasteiger partial charge is 0.224 e. The zero-order chi connectivity index (χ0) is 12.0. The van der Waals surface area contributed by atoms with Crippen molar-refractivity contribution in [3.8, 4) is 0 Å². The Hall–Kier alpha value is -1.35. The number of amides is 1. The highest BCUT2D eigenvalue weighted by Crippen LogP contribution is 2.02. The van der Waals surface area contributed by atoms with Crippen molar-refractivity contribution in [3.63, 3.8) is 0 Å². The Bertz CT molecular complexity index is 324. The molecule has 0 saturated heterocycles. The SMILES string of the molecule is CC(CN)C(C)NC(=O)Cc1ccccc1. The maximum absolute atomic E-state index is 11.7. The molecule has 0 bridgehead atoms. The van der Waals surface area contributed by atoms with E-state index in [0.717, 1.165) is 5.56 Å². The minimum absolute atomic E-state index is 0.0546. The lowest BCUT2D eigenvalue weighted by Gasteiger charge is -2.19. The largest absolute Gasteiger partial charge is 0.353 e. The van der Waals surface area contributed by atoms with E-state index in [0.29, 0.717) is 18.9 Å². The maximum atomic E-state index is 11.7. The molecule has 0 radical (unpaired) electrons. The van der Waals surface area contributed by atoms with Crippen molar-refractivity contribution < 1.29 is 4.79 Å². The van der Waals surface area contributed by atoms with Crippen LogP contribution in [0.4, 0.5) is 0 Å². The van der Waals surface area contributed by atoms with Crippen LogP contribution in [0.3, 0.4) is 0 Å². The summed E-state index contributed by atoms with van der Waals surface area (Å²) in [4.78, 5) is 11.7. The summed E-state index contributed by atoms with van der Waals surface area (Å²) < 4.78 is 0. The predicted molar refractivity (Wildman–Crippen MR) is 66.0 cm³/mol. The van der Waals surface area contributed by atoms with Crippen LogP contribution in [0.2, 0.25) is 0 Å². The van der Waals surface area contributed by atoms with E-state index >= 15 is 0 Å². The summed E-state index contributed by atoms with van der Waals surface area (Å²) >= 11 is 0. The monoisotopic (exact) mass is 220 g/mol. The fourth-order valence-corrected chi connectivity index (χ4v) is 1.43. The van der Waals surface area contributed by atoms with Gasteiger partial charge in [-0.25, -0.2) is 0 Å². The Labute approximate surface area is 97.0 Å².